The van der Waals surface area contributed by atoms with Gasteiger partial charge in [0.1, 0.15) is 6.04 Å². The first kappa shape index (κ1) is 13.1. The molecule has 1 heterocycles. The standard InChI is InChI=1S/C13H21N3O2/c1-14-12(17)11-9-15-7-8-16(11)13(18)10-5-3-2-4-6-10/h2-3,10-11,15H,4-9H2,1H3,(H,14,17). The Morgan fingerprint density at radius 3 is 2.89 bits per heavy atom. The molecule has 2 unspecified atom stereocenters. The van der Waals surface area contributed by atoms with Gasteiger partial charge in [-0.15, -0.1) is 0 Å². The number of likely N-dealkylation sites (N-methyl/N-ethyl adjacent to an activating group) is 1. The highest BCUT2D eigenvalue weighted by molar-refractivity contribution is 5.89. The fourth-order valence-electron chi connectivity index (χ4n) is 2.62. The first-order chi connectivity index (χ1) is 8.74. The second kappa shape index (κ2) is 6.00. The molecule has 2 aliphatic rings. The van der Waals surface area contributed by atoms with E-state index in [1.54, 1.807) is 11.9 Å². The molecule has 2 atom stereocenters. The molecular weight excluding hydrogens is 230 g/mol. The summed E-state index contributed by atoms with van der Waals surface area (Å²) in [7, 11) is 1.61. The molecule has 5 nitrogen and oxygen atoms in total. The maximum Gasteiger partial charge on any atom is 0.243 e. The van der Waals surface area contributed by atoms with E-state index >= 15 is 0 Å². The van der Waals surface area contributed by atoms with Gasteiger partial charge >= 0.3 is 0 Å². The molecule has 1 saturated heterocycles. The molecule has 0 aromatic heterocycles. The van der Waals surface area contributed by atoms with Gasteiger partial charge in [0, 0.05) is 32.6 Å². The van der Waals surface area contributed by atoms with Crippen LogP contribution in [0.3, 0.4) is 0 Å². The normalized spacial score (nSPS) is 27.9. The molecule has 0 aromatic carbocycles. The minimum Gasteiger partial charge on any atom is -0.357 e. The average Bonchev–Trinajstić information content (AvgIpc) is 2.46. The topological polar surface area (TPSA) is 61.4 Å². The fourth-order valence-corrected chi connectivity index (χ4v) is 2.62. The lowest BCUT2D eigenvalue weighted by atomic mass is 9.92. The van der Waals surface area contributed by atoms with Gasteiger partial charge in [0.25, 0.3) is 0 Å². The van der Waals surface area contributed by atoms with Crippen LogP contribution in [0.2, 0.25) is 0 Å². The van der Waals surface area contributed by atoms with Gasteiger partial charge in [0.2, 0.25) is 11.8 Å². The van der Waals surface area contributed by atoms with Crippen molar-refractivity contribution in [3.63, 3.8) is 0 Å². The van der Waals surface area contributed by atoms with Crippen molar-refractivity contribution < 1.29 is 9.59 Å². The third kappa shape index (κ3) is 2.72. The van der Waals surface area contributed by atoms with E-state index in [0.29, 0.717) is 13.1 Å². The summed E-state index contributed by atoms with van der Waals surface area (Å²) in [4.78, 5) is 26.0. The number of nitrogens with one attached hydrogen (secondary N) is 2. The lowest BCUT2D eigenvalue weighted by Crippen LogP contribution is -2.60. The van der Waals surface area contributed by atoms with Crippen molar-refractivity contribution in [2.24, 2.45) is 5.92 Å². The van der Waals surface area contributed by atoms with Gasteiger partial charge in [-0.3, -0.25) is 9.59 Å². The molecule has 100 valence electrons. The Morgan fingerprint density at radius 1 is 1.39 bits per heavy atom. The second-order valence-electron chi connectivity index (χ2n) is 4.85. The van der Waals surface area contributed by atoms with Crippen LogP contribution in [-0.2, 0) is 9.59 Å². The number of allylic oxidation sites excluding steroid dienone is 2. The zero-order valence-corrected chi connectivity index (χ0v) is 10.8. The van der Waals surface area contributed by atoms with Crippen LogP contribution < -0.4 is 10.6 Å². The SMILES string of the molecule is CNC(=O)C1CNCCN1C(=O)C1CC=CCC1. The Labute approximate surface area is 108 Å². The van der Waals surface area contributed by atoms with Crippen molar-refractivity contribution in [2.45, 2.75) is 25.3 Å². The number of hydrogen-bond acceptors (Lipinski definition) is 3. The Hall–Kier alpha value is -1.36. The summed E-state index contributed by atoms with van der Waals surface area (Å²) >= 11 is 0. The molecule has 1 fully saturated rings. The van der Waals surface area contributed by atoms with Crippen molar-refractivity contribution in [2.75, 3.05) is 26.7 Å². The molecule has 0 radical (unpaired) electrons. The lowest BCUT2D eigenvalue weighted by molar-refractivity contribution is -0.144. The quantitative estimate of drug-likeness (QED) is 0.673. The van der Waals surface area contributed by atoms with E-state index in [0.717, 1.165) is 25.8 Å². The summed E-state index contributed by atoms with van der Waals surface area (Å²) in [5.41, 5.74) is 0. The zero-order valence-electron chi connectivity index (χ0n) is 10.8. The molecule has 18 heavy (non-hydrogen) atoms. The van der Waals surface area contributed by atoms with Crippen LogP contribution in [-0.4, -0.2) is 49.4 Å². The van der Waals surface area contributed by atoms with Crippen LogP contribution in [0.5, 0.6) is 0 Å². The minimum atomic E-state index is -0.359. The van der Waals surface area contributed by atoms with E-state index < -0.39 is 0 Å². The molecule has 1 aliphatic carbocycles. The van der Waals surface area contributed by atoms with Crippen LogP contribution >= 0.6 is 0 Å². The van der Waals surface area contributed by atoms with Crippen LogP contribution in [0.25, 0.3) is 0 Å². The highest BCUT2D eigenvalue weighted by Crippen LogP contribution is 2.22. The summed E-state index contributed by atoms with van der Waals surface area (Å²) in [6.45, 7) is 1.94. The molecule has 2 N–H and O–H groups in total. The first-order valence-corrected chi connectivity index (χ1v) is 6.62. The smallest absolute Gasteiger partial charge is 0.243 e. The van der Waals surface area contributed by atoms with Crippen LogP contribution in [0.1, 0.15) is 19.3 Å². The lowest BCUT2D eigenvalue weighted by Gasteiger charge is -2.37. The van der Waals surface area contributed by atoms with E-state index in [1.165, 1.54) is 0 Å². The molecule has 0 saturated carbocycles. The molecule has 1 aliphatic heterocycles. The average molecular weight is 251 g/mol. The van der Waals surface area contributed by atoms with Crippen LogP contribution in [0.4, 0.5) is 0 Å². The van der Waals surface area contributed by atoms with Gasteiger partial charge in [-0.1, -0.05) is 12.2 Å². The minimum absolute atomic E-state index is 0.0558. The summed E-state index contributed by atoms with van der Waals surface area (Å²) in [5.74, 6) is 0.108. The molecule has 2 amide bonds. The summed E-state index contributed by atoms with van der Waals surface area (Å²) in [6, 6.07) is -0.359. The number of hydrogen-bond donors (Lipinski definition) is 2. The maximum absolute atomic E-state index is 12.5. The number of piperazine rings is 1. The van der Waals surface area contributed by atoms with E-state index in [1.807, 2.05) is 0 Å². The van der Waals surface area contributed by atoms with Gasteiger partial charge in [0.15, 0.2) is 0 Å². The Morgan fingerprint density at radius 2 is 2.22 bits per heavy atom. The van der Waals surface area contributed by atoms with Crippen molar-refractivity contribution in [3.8, 4) is 0 Å². The largest absolute Gasteiger partial charge is 0.357 e. The Bertz CT molecular complexity index is 354. The van der Waals surface area contributed by atoms with Gasteiger partial charge in [0.05, 0.1) is 0 Å². The Kier molecular flexibility index (Phi) is 4.36. The van der Waals surface area contributed by atoms with Gasteiger partial charge < -0.3 is 15.5 Å². The summed E-state index contributed by atoms with van der Waals surface area (Å²) in [5, 5.41) is 5.80. The predicted octanol–water partition coefficient (Wildman–Crippen LogP) is -0.111. The second-order valence-corrected chi connectivity index (χ2v) is 4.85. The van der Waals surface area contributed by atoms with Gasteiger partial charge in [-0.25, -0.2) is 0 Å². The number of nitrogens with zero attached hydrogens (tertiary/aromatic N) is 1. The maximum atomic E-state index is 12.5. The first-order valence-electron chi connectivity index (χ1n) is 6.62. The molecule has 0 bridgehead atoms. The summed E-state index contributed by atoms with van der Waals surface area (Å²) in [6.07, 6.45) is 6.87. The number of amides is 2. The molecule has 2 rings (SSSR count). The third-order valence-corrected chi connectivity index (χ3v) is 3.69. The summed E-state index contributed by atoms with van der Waals surface area (Å²) < 4.78 is 0. The van der Waals surface area contributed by atoms with Crippen LogP contribution in [0.15, 0.2) is 12.2 Å². The van der Waals surface area contributed by atoms with E-state index in [-0.39, 0.29) is 23.8 Å². The predicted molar refractivity (Wildman–Crippen MR) is 68.9 cm³/mol. The Balaban J connectivity index is 2.05. The monoisotopic (exact) mass is 251 g/mol. The van der Waals surface area contributed by atoms with Gasteiger partial charge in [-0.05, 0) is 19.3 Å². The van der Waals surface area contributed by atoms with E-state index in [4.69, 9.17) is 0 Å². The molecule has 0 aromatic rings. The number of rotatable bonds is 2. The van der Waals surface area contributed by atoms with Crippen molar-refractivity contribution >= 4 is 11.8 Å². The van der Waals surface area contributed by atoms with Crippen LogP contribution in [0, 0.1) is 5.92 Å². The zero-order chi connectivity index (χ0) is 13.0. The van der Waals surface area contributed by atoms with Crippen molar-refractivity contribution in [1.29, 1.82) is 0 Å². The van der Waals surface area contributed by atoms with Gasteiger partial charge in [-0.2, -0.15) is 0 Å². The van der Waals surface area contributed by atoms with Crippen molar-refractivity contribution in [3.05, 3.63) is 12.2 Å². The fraction of sp³-hybridized carbons (Fsp3) is 0.692. The molecule has 0 spiro atoms. The number of carbonyl (C=O) groups is 2. The van der Waals surface area contributed by atoms with E-state index in [9.17, 15) is 9.59 Å². The highest BCUT2D eigenvalue weighted by Gasteiger charge is 2.34. The molecular formula is C13H21N3O2. The number of carbonyl (C=O) groups excluding carboxylic acids is 2. The van der Waals surface area contributed by atoms with Crippen molar-refractivity contribution in [1.82, 2.24) is 15.5 Å². The third-order valence-electron chi connectivity index (χ3n) is 3.69. The molecule has 5 heteroatoms. The highest BCUT2D eigenvalue weighted by atomic mass is 16.2. The van der Waals surface area contributed by atoms with E-state index in [2.05, 4.69) is 22.8 Å².